The Morgan fingerprint density at radius 2 is 1.94 bits per heavy atom. The number of piperidine rings is 1. The Bertz CT molecular complexity index is 291. The van der Waals surface area contributed by atoms with Gasteiger partial charge in [-0.25, -0.2) is 5.01 Å². The van der Waals surface area contributed by atoms with E-state index in [0.717, 1.165) is 17.5 Å². The second kappa shape index (κ2) is 5.19. The molecule has 0 aromatic heterocycles. The van der Waals surface area contributed by atoms with Gasteiger partial charge in [0.2, 0.25) is 0 Å². The van der Waals surface area contributed by atoms with E-state index in [1.54, 1.807) is 0 Å². The molecule has 0 aromatic rings. The minimum absolute atomic E-state index is 0.356. The Morgan fingerprint density at radius 1 is 1.29 bits per heavy atom. The number of hydrogen-bond donors (Lipinski definition) is 1. The highest BCUT2D eigenvalue weighted by molar-refractivity contribution is 8.13. The highest BCUT2D eigenvalue weighted by atomic mass is 32.2. The van der Waals surface area contributed by atoms with Crippen LogP contribution in [0.15, 0.2) is 4.99 Å². The smallest absolute Gasteiger partial charge is 0.171 e. The van der Waals surface area contributed by atoms with Gasteiger partial charge in [0.15, 0.2) is 5.17 Å². The van der Waals surface area contributed by atoms with Gasteiger partial charge in [0.1, 0.15) is 0 Å². The summed E-state index contributed by atoms with van der Waals surface area (Å²) in [5, 5.41) is 3.51. The van der Waals surface area contributed by atoms with Crippen LogP contribution in [0.3, 0.4) is 0 Å². The average molecular weight is 255 g/mol. The average Bonchev–Trinajstić information content (AvgIpc) is 2.26. The third kappa shape index (κ3) is 3.38. The van der Waals surface area contributed by atoms with E-state index in [1.807, 2.05) is 11.8 Å². The molecule has 0 saturated carbocycles. The van der Waals surface area contributed by atoms with Crippen molar-refractivity contribution >= 4 is 16.9 Å². The zero-order valence-corrected chi connectivity index (χ0v) is 12.3. The van der Waals surface area contributed by atoms with Gasteiger partial charge >= 0.3 is 0 Å². The monoisotopic (exact) mass is 255 g/mol. The maximum atomic E-state index is 4.67. The molecular weight excluding hydrogens is 230 g/mol. The van der Waals surface area contributed by atoms with Crippen molar-refractivity contribution in [2.24, 2.45) is 10.4 Å². The molecule has 1 fully saturated rings. The Balaban J connectivity index is 1.94. The fourth-order valence-electron chi connectivity index (χ4n) is 2.46. The van der Waals surface area contributed by atoms with Crippen LogP contribution in [0.2, 0.25) is 0 Å². The number of nitrogens with zero attached hydrogens (tertiary/aromatic N) is 2. The third-order valence-electron chi connectivity index (χ3n) is 3.67. The molecule has 0 aromatic carbocycles. The molecule has 2 heterocycles. The van der Waals surface area contributed by atoms with Crippen LogP contribution in [0.1, 0.15) is 47.0 Å². The number of aliphatic imine (C=N–C) groups is 1. The number of hydrogen-bond acceptors (Lipinski definition) is 4. The lowest BCUT2D eigenvalue weighted by Crippen LogP contribution is -2.54. The lowest BCUT2D eigenvalue weighted by atomic mass is 9.97. The SMILES string of the molecule is CC1CCCC(C)N1NC1=NCC(C)(C)CS1. The van der Waals surface area contributed by atoms with Crippen molar-refractivity contribution in [3.63, 3.8) is 0 Å². The molecule has 3 nitrogen and oxygen atoms in total. The van der Waals surface area contributed by atoms with Gasteiger partial charge in [0, 0.05) is 24.4 Å². The van der Waals surface area contributed by atoms with E-state index < -0.39 is 0 Å². The first-order valence-electron chi connectivity index (χ1n) is 6.70. The van der Waals surface area contributed by atoms with Gasteiger partial charge in [-0.1, -0.05) is 32.0 Å². The van der Waals surface area contributed by atoms with Crippen molar-refractivity contribution in [2.45, 2.75) is 59.0 Å². The van der Waals surface area contributed by atoms with E-state index in [-0.39, 0.29) is 0 Å². The van der Waals surface area contributed by atoms with Gasteiger partial charge in [0.05, 0.1) is 0 Å². The Morgan fingerprint density at radius 3 is 2.47 bits per heavy atom. The fourth-order valence-corrected chi connectivity index (χ4v) is 3.41. The van der Waals surface area contributed by atoms with Crippen LogP contribution in [0.25, 0.3) is 0 Å². The summed E-state index contributed by atoms with van der Waals surface area (Å²) in [4.78, 5) is 4.67. The largest absolute Gasteiger partial charge is 0.297 e. The summed E-state index contributed by atoms with van der Waals surface area (Å²) in [5.74, 6) is 1.16. The summed E-state index contributed by atoms with van der Waals surface area (Å²) in [7, 11) is 0. The zero-order chi connectivity index (χ0) is 12.5. The van der Waals surface area contributed by atoms with Crippen LogP contribution in [-0.4, -0.2) is 34.6 Å². The van der Waals surface area contributed by atoms with Crippen LogP contribution in [0, 0.1) is 5.41 Å². The number of amidine groups is 1. The number of hydrazine groups is 1. The van der Waals surface area contributed by atoms with Gasteiger partial charge in [-0.3, -0.25) is 10.4 Å². The minimum Gasteiger partial charge on any atom is -0.297 e. The molecule has 0 bridgehead atoms. The standard InChI is InChI=1S/C13H25N3S/c1-10-6-5-7-11(2)16(10)15-12-14-8-13(3,4)9-17-12/h10-11H,5-9H2,1-4H3,(H,14,15). The lowest BCUT2D eigenvalue weighted by Gasteiger charge is -2.40. The molecule has 0 amide bonds. The predicted octanol–water partition coefficient (Wildman–Crippen LogP) is 2.88. The predicted molar refractivity (Wildman–Crippen MR) is 76.3 cm³/mol. The molecule has 1 saturated heterocycles. The molecule has 2 aliphatic heterocycles. The van der Waals surface area contributed by atoms with E-state index in [2.05, 4.69) is 43.1 Å². The lowest BCUT2D eigenvalue weighted by molar-refractivity contribution is 0.0750. The Hall–Kier alpha value is -0.220. The minimum atomic E-state index is 0.356. The summed E-state index contributed by atoms with van der Waals surface area (Å²) in [6.07, 6.45) is 3.94. The topological polar surface area (TPSA) is 27.6 Å². The molecule has 0 radical (unpaired) electrons. The molecule has 4 heteroatoms. The molecule has 2 atom stereocenters. The van der Waals surface area contributed by atoms with Crippen molar-refractivity contribution in [3.8, 4) is 0 Å². The number of nitrogens with one attached hydrogen (secondary N) is 1. The highest BCUT2D eigenvalue weighted by Gasteiger charge is 2.28. The second-order valence-corrected chi connectivity index (χ2v) is 7.19. The van der Waals surface area contributed by atoms with Gasteiger partial charge in [0.25, 0.3) is 0 Å². The number of rotatable bonds is 1. The van der Waals surface area contributed by atoms with Crippen LogP contribution in [0.5, 0.6) is 0 Å². The zero-order valence-electron chi connectivity index (χ0n) is 11.5. The van der Waals surface area contributed by atoms with Crippen LogP contribution >= 0.6 is 11.8 Å². The first-order valence-corrected chi connectivity index (χ1v) is 7.69. The maximum absolute atomic E-state index is 4.67. The summed E-state index contributed by atoms with van der Waals surface area (Å²) in [5.41, 5.74) is 3.90. The van der Waals surface area contributed by atoms with Crippen molar-refractivity contribution in [1.29, 1.82) is 0 Å². The highest BCUT2D eigenvalue weighted by Crippen LogP contribution is 2.28. The summed E-state index contributed by atoms with van der Waals surface area (Å²) in [6.45, 7) is 10.1. The summed E-state index contributed by atoms with van der Waals surface area (Å²) >= 11 is 1.87. The van der Waals surface area contributed by atoms with Crippen LogP contribution in [0.4, 0.5) is 0 Å². The molecule has 98 valence electrons. The van der Waals surface area contributed by atoms with E-state index in [4.69, 9.17) is 0 Å². The van der Waals surface area contributed by atoms with E-state index >= 15 is 0 Å². The van der Waals surface area contributed by atoms with Gasteiger partial charge in [-0.15, -0.1) is 0 Å². The van der Waals surface area contributed by atoms with Crippen molar-refractivity contribution in [1.82, 2.24) is 10.4 Å². The van der Waals surface area contributed by atoms with Crippen molar-refractivity contribution in [2.75, 3.05) is 12.3 Å². The third-order valence-corrected chi connectivity index (χ3v) is 5.09. The normalized spacial score (nSPS) is 34.2. The molecule has 17 heavy (non-hydrogen) atoms. The molecule has 0 aliphatic carbocycles. The first-order chi connectivity index (χ1) is 7.98. The first kappa shape index (κ1) is 13.2. The van der Waals surface area contributed by atoms with Crippen molar-refractivity contribution < 1.29 is 0 Å². The molecule has 0 spiro atoms. The van der Waals surface area contributed by atoms with Crippen molar-refractivity contribution in [3.05, 3.63) is 0 Å². The fraction of sp³-hybridized carbons (Fsp3) is 0.923. The second-order valence-electron chi connectivity index (χ2n) is 6.22. The van der Waals surface area contributed by atoms with Gasteiger partial charge < -0.3 is 0 Å². The van der Waals surface area contributed by atoms with E-state index in [9.17, 15) is 0 Å². The van der Waals surface area contributed by atoms with E-state index in [0.29, 0.717) is 17.5 Å². The van der Waals surface area contributed by atoms with Gasteiger partial charge in [-0.2, -0.15) is 0 Å². The quantitative estimate of drug-likeness (QED) is 0.781. The number of thioether (sulfide) groups is 1. The molecule has 2 aliphatic rings. The van der Waals surface area contributed by atoms with Gasteiger partial charge in [-0.05, 0) is 32.1 Å². The molecule has 2 unspecified atom stereocenters. The van der Waals surface area contributed by atoms with Crippen LogP contribution in [-0.2, 0) is 0 Å². The Labute approximate surface area is 109 Å². The summed E-state index contributed by atoms with van der Waals surface area (Å²) in [6, 6.07) is 1.24. The molecule has 1 N–H and O–H groups in total. The van der Waals surface area contributed by atoms with E-state index in [1.165, 1.54) is 19.3 Å². The molecular formula is C13H25N3S. The Kier molecular flexibility index (Phi) is 4.03. The summed E-state index contributed by atoms with van der Waals surface area (Å²) < 4.78 is 0. The van der Waals surface area contributed by atoms with Crippen LogP contribution < -0.4 is 5.43 Å². The maximum Gasteiger partial charge on any atom is 0.171 e. The molecule has 2 rings (SSSR count).